The van der Waals surface area contributed by atoms with E-state index in [0.29, 0.717) is 12.0 Å². The van der Waals surface area contributed by atoms with Crippen LogP contribution in [-0.2, 0) is 19.1 Å². The van der Waals surface area contributed by atoms with Gasteiger partial charge in [-0.05, 0) is 35.7 Å². The van der Waals surface area contributed by atoms with Crippen LogP contribution in [0.4, 0.5) is 27.8 Å². The Hall–Kier alpha value is -3.23. The highest BCUT2D eigenvalue weighted by molar-refractivity contribution is 6.04. The second-order valence-electron chi connectivity index (χ2n) is 6.29. The quantitative estimate of drug-likeness (QED) is 0.600. The van der Waals surface area contributed by atoms with Gasteiger partial charge in [-0.3, -0.25) is 9.48 Å². The molecule has 4 nitrogen and oxygen atoms in total. The van der Waals surface area contributed by atoms with Crippen molar-refractivity contribution in [3.05, 3.63) is 82.5 Å². The predicted molar refractivity (Wildman–Crippen MR) is 96.5 cm³/mol. The number of alkyl halides is 3. The Labute approximate surface area is 163 Å². The number of nitrogens with zero attached hydrogens (tertiary/aromatic N) is 2. The van der Waals surface area contributed by atoms with E-state index in [4.69, 9.17) is 0 Å². The summed E-state index contributed by atoms with van der Waals surface area (Å²) in [5.74, 6) is -3.16. The molecule has 2 aromatic carbocycles. The van der Waals surface area contributed by atoms with Gasteiger partial charge in [-0.25, -0.2) is 8.78 Å². The largest absolute Gasteiger partial charge is 0.416 e. The van der Waals surface area contributed by atoms with E-state index in [9.17, 15) is 26.7 Å². The fourth-order valence-corrected chi connectivity index (χ4v) is 2.83. The maximum absolute atomic E-state index is 13.7. The Kier molecular flexibility index (Phi) is 5.67. The molecule has 9 heteroatoms. The molecule has 29 heavy (non-hydrogen) atoms. The van der Waals surface area contributed by atoms with Crippen LogP contribution in [0.2, 0.25) is 0 Å². The second kappa shape index (κ2) is 8.02. The highest BCUT2D eigenvalue weighted by Gasteiger charge is 2.33. The molecule has 0 radical (unpaired) electrons. The van der Waals surface area contributed by atoms with Gasteiger partial charge >= 0.3 is 6.18 Å². The second-order valence-corrected chi connectivity index (χ2v) is 6.29. The first-order valence-electron chi connectivity index (χ1n) is 8.67. The Balaban J connectivity index is 1.80. The van der Waals surface area contributed by atoms with Crippen LogP contribution in [0, 0.1) is 11.6 Å². The van der Waals surface area contributed by atoms with Crippen LogP contribution in [0.1, 0.15) is 34.0 Å². The summed E-state index contributed by atoms with van der Waals surface area (Å²) in [5, 5.41) is 6.20. The average Bonchev–Trinajstić information content (AvgIpc) is 3.07. The van der Waals surface area contributed by atoms with E-state index in [1.165, 1.54) is 23.0 Å². The first-order valence-corrected chi connectivity index (χ1v) is 8.67. The Morgan fingerprint density at radius 1 is 1.10 bits per heavy atom. The van der Waals surface area contributed by atoms with Crippen molar-refractivity contribution in [2.24, 2.45) is 0 Å². The first-order chi connectivity index (χ1) is 13.7. The number of nitrogens with one attached hydrogen (secondary N) is 1. The average molecular weight is 409 g/mol. The number of amides is 1. The van der Waals surface area contributed by atoms with Crippen molar-refractivity contribution in [2.45, 2.75) is 26.1 Å². The fraction of sp³-hybridized carbons (Fsp3) is 0.200. The summed E-state index contributed by atoms with van der Waals surface area (Å²) in [6.07, 6.45) is -2.69. The molecule has 0 aliphatic rings. The highest BCUT2D eigenvalue weighted by Crippen LogP contribution is 2.33. The molecule has 0 fully saturated rings. The summed E-state index contributed by atoms with van der Waals surface area (Å²) in [5.41, 5.74) is -0.958. The molecule has 1 amide bonds. The number of hydrogen-bond donors (Lipinski definition) is 1. The van der Waals surface area contributed by atoms with Gasteiger partial charge in [0.15, 0.2) is 5.82 Å². The van der Waals surface area contributed by atoms with Crippen LogP contribution in [-0.4, -0.2) is 15.7 Å². The van der Waals surface area contributed by atoms with Gasteiger partial charge in [0.25, 0.3) is 5.91 Å². The van der Waals surface area contributed by atoms with E-state index in [0.717, 1.165) is 24.3 Å². The number of carbonyl (C=O) groups excluding carboxylic acids is 1. The molecule has 0 atom stereocenters. The number of benzene rings is 2. The van der Waals surface area contributed by atoms with E-state index in [1.807, 2.05) is 0 Å². The number of aryl methyl sites for hydroxylation is 1. The van der Waals surface area contributed by atoms with Crippen LogP contribution in [0.15, 0.2) is 48.7 Å². The summed E-state index contributed by atoms with van der Waals surface area (Å²) in [6, 6.07) is 8.42. The van der Waals surface area contributed by atoms with E-state index in [1.54, 1.807) is 13.0 Å². The Morgan fingerprint density at radius 2 is 1.79 bits per heavy atom. The first kappa shape index (κ1) is 20.5. The third-order valence-corrected chi connectivity index (χ3v) is 4.29. The smallest absolute Gasteiger partial charge is 0.305 e. The zero-order chi connectivity index (χ0) is 21.2. The SMILES string of the molecule is CCc1ccc(Cn2ccc(NC(=O)c3c(F)cccc3F)n2)c(C(F)(F)F)c1. The normalized spacial score (nSPS) is 11.5. The molecule has 0 spiro atoms. The molecule has 0 saturated carbocycles. The number of halogens is 5. The Morgan fingerprint density at radius 3 is 2.41 bits per heavy atom. The van der Waals surface area contributed by atoms with Crippen molar-refractivity contribution in [3.8, 4) is 0 Å². The maximum Gasteiger partial charge on any atom is 0.416 e. The summed E-state index contributed by atoms with van der Waals surface area (Å²) < 4.78 is 68.6. The number of anilines is 1. The van der Waals surface area contributed by atoms with Gasteiger partial charge in [-0.2, -0.15) is 18.3 Å². The van der Waals surface area contributed by atoms with Crippen LogP contribution in [0.25, 0.3) is 0 Å². The van der Waals surface area contributed by atoms with Crippen LogP contribution in [0.3, 0.4) is 0 Å². The molecular weight excluding hydrogens is 393 g/mol. The van der Waals surface area contributed by atoms with Crippen molar-refractivity contribution >= 4 is 11.7 Å². The standard InChI is InChI=1S/C20H16F5N3O/c1-2-12-6-7-13(14(10-12)20(23,24)25)11-28-9-8-17(27-28)26-19(29)18-15(21)4-3-5-16(18)22/h3-10H,2,11H2,1H3,(H,26,27,29). The highest BCUT2D eigenvalue weighted by atomic mass is 19.4. The minimum absolute atomic E-state index is 0.0100. The van der Waals surface area contributed by atoms with E-state index in [-0.39, 0.29) is 17.9 Å². The zero-order valence-corrected chi connectivity index (χ0v) is 15.2. The molecule has 1 heterocycles. The summed E-state index contributed by atoms with van der Waals surface area (Å²) in [7, 11) is 0. The Bertz CT molecular complexity index is 1020. The van der Waals surface area contributed by atoms with E-state index in [2.05, 4.69) is 10.4 Å². The molecule has 3 aromatic rings. The third kappa shape index (κ3) is 4.61. The van der Waals surface area contributed by atoms with Crippen LogP contribution < -0.4 is 5.32 Å². The molecule has 0 bridgehead atoms. The van der Waals surface area contributed by atoms with Gasteiger partial charge in [0.1, 0.15) is 17.2 Å². The van der Waals surface area contributed by atoms with Gasteiger partial charge in [0.05, 0.1) is 12.1 Å². The van der Waals surface area contributed by atoms with Gasteiger partial charge in [-0.15, -0.1) is 0 Å². The van der Waals surface area contributed by atoms with Crippen molar-refractivity contribution < 1.29 is 26.7 Å². The van der Waals surface area contributed by atoms with E-state index >= 15 is 0 Å². The van der Waals surface area contributed by atoms with Gasteiger partial charge in [0, 0.05) is 12.3 Å². The zero-order valence-electron chi connectivity index (χ0n) is 15.2. The van der Waals surface area contributed by atoms with Crippen molar-refractivity contribution in [1.82, 2.24) is 9.78 Å². The maximum atomic E-state index is 13.7. The van der Waals surface area contributed by atoms with Crippen LogP contribution >= 0.6 is 0 Å². The monoisotopic (exact) mass is 409 g/mol. The van der Waals surface area contributed by atoms with E-state index < -0.39 is 34.8 Å². The molecule has 1 aromatic heterocycles. The fourth-order valence-electron chi connectivity index (χ4n) is 2.83. The van der Waals surface area contributed by atoms with Gasteiger partial charge in [0.2, 0.25) is 0 Å². The third-order valence-electron chi connectivity index (χ3n) is 4.29. The number of rotatable bonds is 5. The van der Waals surface area contributed by atoms with Crippen molar-refractivity contribution in [3.63, 3.8) is 0 Å². The molecule has 1 N–H and O–H groups in total. The predicted octanol–water partition coefficient (Wildman–Crippen LogP) is 5.04. The lowest BCUT2D eigenvalue weighted by Gasteiger charge is -2.14. The lowest BCUT2D eigenvalue weighted by atomic mass is 10.0. The summed E-state index contributed by atoms with van der Waals surface area (Å²) >= 11 is 0. The van der Waals surface area contributed by atoms with Crippen molar-refractivity contribution in [1.29, 1.82) is 0 Å². The molecule has 152 valence electrons. The minimum atomic E-state index is -4.52. The lowest BCUT2D eigenvalue weighted by Crippen LogP contribution is -2.17. The van der Waals surface area contributed by atoms with Crippen LogP contribution in [0.5, 0.6) is 0 Å². The van der Waals surface area contributed by atoms with Gasteiger partial charge in [-0.1, -0.05) is 25.1 Å². The molecular formula is C20H16F5N3O. The molecule has 3 rings (SSSR count). The summed E-state index contributed by atoms with van der Waals surface area (Å²) in [4.78, 5) is 12.1. The minimum Gasteiger partial charge on any atom is -0.305 e. The number of aromatic nitrogens is 2. The summed E-state index contributed by atoms with van der Waals surface area (Å²) in [6.45, 7) is 1.57. The molecule has 0 saturated heterocycles. The van der Waals surface area contributed by atoms with Crippen molar-refractivity contribution in [2.75, 3.05) is 5.32 Å². The van der Waals surface area contributed by atoms with Gasteiger partial charge < -0.3 is 5.32 Å². The number of carbonyl (C=O) groups is 1. The molecule has 0 unspecified atom stereocenters. The molecule has 0 aliphatic carbocycles. The topological polar surface area (TPSA) is 46.9 Å². The lowest BCUT2D eigenvalue weighted by molar-refractivity contribution is -0.138. The molecule has 0 aliphatic heterocycles. The number of hydrogen-bond acceptors (Lipinski definition) is 2.